The molecule has 0 aromatic rings. The number of hydrogen-bond donors (Lipinski definition) is 1. The van der Waals surface area contributed by atoms with E-state index in [0.29, 0.717) is 5.88 Å². The highest BCUT2D eigenvalue weighted by molar-refractivity contribution is 6.17. The second-order valence-electron chi connectivity index (χ2n) is 3.88. The molecule has 1 N–H and O–H groups in total. The third kappa shape index (κ3) is 6.47. The van der Waals surface area contributed by atoms with E-state index in [-0.39, 0.29) is 11.8 Å². The van der Waals surface area contributed by atoms with Crippen molar-refractivity contribution >= 4 is 17.6 Å². The monoisotopic (exact) mass is 192 g/mol. The first-order valence-corrected chi connectivity index (χ1v) is 4.79. The lowest BCUT2D eigenvalue weighted by Crippen LogP contribution is -2.16. The molecule has 0 saturated carbocycles. The van der Waals surface area contributed by atoms with Gasteiger partial charge >= 0.3 is 5.97 Å². The van der Waals surface area contributed by atoms with E-state index in [0.717, 1.165) is 19.3 Å². The summed E-state index contributed by atoms with van der Waals surface area (Å²) in [5.41, 5.74) is -0.0854. The van der Waals surface area contributed by atoms with Crippen LogP contribution in [-0.4, -0.2) is 17.0 Å². The SMILES string of the molecule is CC(C)(CCCCCl)CC(=O)O. The Morgan fingerprint density at radius 2 is 2.00 bits per heavy atom. The largest absolute Gasteiger partial charge is 0.481 e. The summed E-state index contributed by atoms with van der Waals surface area (Å²) in [4.78, 5) is 10.4. The normalized spacial score (nSPS) is 11.6. The van der Waals surface area contributed by atoms with Crippen molar-refractivity contribution in [2.75, 3.05) is 5.88 Å². The number of carboxylic acids is 1. The molecule has 0 rings (SSSR count). The molecule has 0 aliphatic rings. The van der Waals surface area contributed by atoms with E-state index in [9.17, 15) is 4.79 Å². The van der Waals surface area contributed by atoms with Crippen molar-refractivity contribution in [1.82, 2.24) is 0 Å². The smallest absolute Gasteiger partial charge is 0.303 e. The average Bonchev–Trinajstić information content (AvgIpc) is 1.84. The zero-order valence-corrected chi connectivity index (χ0v) is 8.52. The van der Waals surface area contributed by atoms with Crippen molar-refractivity contribution in [3.8, 4) is 0 Å². The van der Waals surface area contributed by atoms with Gasteiger partial charge in [0.1, 0.15) is 0 Å². The van der Waals surface area contributed by atoms with Gasteiger partial charge in [-0.1, -0.05) is 20.3 Å². The van der Waals surface area contributed by atoms with Gasteiger partial charge in [-0.05, 0) is 18.3 Å². The zero-order chi connectivity index (χ0) is 9.61. The van der Waals surface area contributed by atoms with E-state index >= 15 is 0 Å². The lowest BCUT2D eigenvalue weighted by molar-refractivity contribution is -0.139. The summed E-state index contributed by atoms with van der Waals surface area (Å²) < 4.78 is 0. The number of alkyl halides is 1. The Bertz CT molecular complexity index is 143. The molecule has 0 saturated heterocycles. The fraction of sp³-hybridized carbons (Fsp3) is 0.889. The van der Waals surface area contributed by atoms with Crippen molar-refractivity contribution in [1.29, 1.82) is 0 Å². The van der Waals surface area contributed by atoms with Gasteiger partial charge in [-0.2, -0.15) is 0 Å². The molecule has 0 aromatic heterocycles. The van der Waals surface area contributed by atoms with Crippen LogP contribution in [-0.2, 0) is 4.79 Å². The maximum Gasteiger partial charge on any atom is 0.303 e. The second-order valence-corrected chi connectivity index (χ2v) is 4.26. The predicted octanol–water partition coefficient (Wildman–Crippen LogP) is 2.90. The maximum absolute atomic E-state index is 10.4. The van der Waals surface area contributed by atoms with Crippen LogP contribution in [0.3, 0.4) is 0 Å². The molecule has 0 heterocycles. The van der Waals surface area contributed by atoms with Gasteiger partial charge in [0.2, 0.25) is 0 Å². The maximum atomic E-state index is 10.4. The van der Waals surface area contributed by atoms with E-state index in [4.69, 9.17) is 16.7 Å². The summed E-state index contributed by atoms with van der Waals surface area (Å²) in [6, 6.07) is 0. The van der Waals surface area contributed by atoms with Gasteiger partial charge in [-0.15, -0.1) is 11.6 Å². The summed E-state index contributed by atoms with van der Waals surface area (Å²) in [5, 5.41) is 8.58. The molecule has 0 aliphatic carbocycles. The second kappa shape index (κ2) is 5.41. The lowest BCUT2D eigenvalue weighted by atomic mass is 9.84. The van der Waals surface area contributed by atoms with Crippen LogP contribution in [0.5, 0.6) is 0 Å². The average molecular weight is 193 g/mol. The van der Waals surface area contributed by atoms with Crippen LogP contribution in [0.15, 0.2) is 0 Å². The van der Waals surface area contributed by atoms with Crippen LogP contribution in [0.4, 0.5) is 0 Å². The molecule has 3 heteroatoms. The molecule has 0 bridgehead atoms. The molecule has 0 atom stereocenters. The number of unbranched alkanes of at least 4 members (excludes halogenated alkanes) is 1. The number of carboxylic acid groups (broad SMARTS) is 1. The van der Waals surface area contributed by atoms with E-state index in [1.807, 2.05) is 13.8 Å². The van der Waals surface area contributed by atoms with E-state index < -0.39 is 5.97 Å². The molecule has 2 nitrogen and oxygen atoms in total. The molecular formula is C9H17ClO2. The Balaban J connectivity index is 3.63. The number of rotatable bonds is 6. The van der Waals surface area contributed by atoms with Gasteiger partial charge in [0.25, 0.3) is 0 Å². The molecule has 0 aromatic carbocycles. The Labute approximate surface area is 78.9 Å². The summed E-state index contributed by atoms with van der Waals surface area (Å²) in [7, 11) is 0. The quantitative estimate of drug-likeness (QED) is 0.519. The summed E-state index contributed by atoms with van der Waals surface area (Å²) in [6.45, 7) is 3.96. The van der Waals surface area contributed by atoms with Crippen molar-refractivity contribution in [2.45, 2.75) is 39.5 Å². The van der Waals surface area contributed by atoms with E-state index in [1.54, 1.807) is 0 Å². The van der Waals surface area contributed by atoms with Crippen LogP contribution >= 0.6 is 11.6 Å². The molecule has 0 spiro atoms. The molecule has 0 radical (unpaired) electrons. The minimum absolute atomic E-state index is 0.0854. The standard InChI is InChI=1S/C9H17ClO2/c1-9(2,7-8(11)12)5-3-4-6-10/h3-7H2,1-2H3,(H,11,12). The highest BCUT2D eigenvalue weighted by atomic mass is 35.5. The van der Waals surface area contributed by atoms with Crippen LogP contribution < -0.4 is 0 Å². The van der Waals surface area contributed by atoms with Gasteiger partial charge in [0.15, 0.2) is 0 Å². The van der Waals surface area contributed by atoms with E-state index in [2.05, 4.69) is 0 Å². The molecule has 72 valence electrons. The van der Waals surface area contributed by atoms with Gasteiger partial charge in [0, 0.05) is 5.88 Å². The third-order valence-corrected chi connectivity index (χ3v) is 2.13. The van der Waals surface area contributed by atoms with Crippen molar-refractivity contribution in [2.24, 2.45) is 5.41 Å². The van der Waals surface area contributed by atoms with Gasteiger partial charge in [-0.25, -0.2) is 0 Å². The Morgan fingerprint density at radius 1 is 1.42 bits per heavy atom. The van der Waals surface area contributed by atoms with Crippen LogP contribution in [0.2, 0.25) is 0 Å². The van der Waals surface area contributed by atoms with Crippen molar-refractivity contribution in [3.05, 3.63) is 0 Å². The highest BCUT2D eigenvalue weighted by Gasteiger charge is 2.20. The molecular weight excluding hydrogens is 176 g/mol. The lowest BCUT2D eigenvalue weighted by Gasteiger charge is -2.21. The number of halogens is 1. The number of carbonyl (C=O) groups is 1. The first-order chi connectivity index (χ1) is 5.48. The summed E-state index contributed by atoms with van der Waals surface area (Å²) >= 11 is 5.52. The molecule has 0 amide bonds. The van der Waals surface area contributed by atoms with E-state index in [1.165, 1.54) is 0 Å². The molecule has 0 aliphatic heterocycles. The number of aliphatic carboxylic acids is 1. The minimum Gasteiger partial charge on any atom is -0.481 e. The Morgan fingerprint density at radius 3 is 2.42 bits per heavy atom. The summed E-state index contributed by atoms with van der Waals surface area (Å²) in [6.07, 6.45) is 3.18. The van der Waals surface area contributed by atoms with Crippen LogP contribution in [0.25, 0.3) is 0 Å². The predicted molar refractivity (Wildman–Crippen MR) is 50.6 cm³/mol. The first kappa shape index (κ1) is 11.8. The van der Waals surface area contributed by atoms with Gasteiger partial charge in [0.05, 0.1) is 6.42 Å². The van der Waals surface area contributed by atoms with Crippen molar-refractivity contribution < 1.29 is 9.90 Å². The van der Waals surface area contributed by atoms with Crippen molar-refractivity contribution in [3.63, 3.8) is 0 Å². The minimum atomic E-state index is -0.717. The number of hydrogen-bond acceptors (Lipinski definition) is 1. The van der Waals surface area contributed by atoms with Crippen LogP contribution in [0, 0.1) is 5.41 Å². The fourth-order valence-electron chi connectivity index (χ4n) is 1.20. The van der Waals surface area contributed by atoms with Gasteiger partial charge < -0.3 is 5.11 Å². The molecule has 0 unspecified atom stereocenters. The fourth-order valence-corrected chi connectivity index (χ4v) is 1.38. The molecule has 12 heavy (non-hydrogen) atoms. The Kier molecular flexibility index (Phi) is 5.31. The summed E-state index contributed by atoms with van der Waals surface area (Å²) in [5.74, 6) is -0.0470. The molecule has 0 fully saturated rings. The zero-order valence-electron chi connectivity index (χ0n) is 7.77. The Hall–Kier alpha value is -0.240. The van der Waals surface area contributed by atoms with Gasteiger partial charge in [-0.3, -0.25) is 4.79 Å². The topological polar surface area (TPSA) is 37.3 Å². The third-order valence-electron chi connectivity index (χ3n) is 1.87. The highest BCUT2D eigenvalue weighted by Crippen LogP contribution is 2.27. The first-order valence-electron chi connectivity index (χ1n) is 4.26. The van der Waals surface area contributed by atoms with Crippen LogP contribution in [0.1, 0.15) is 39.5 Å².